The molecule has 0 aromatic rings. The lowest BCUT2D eigenvalue weighted by atomic mass is 10.3. The molecule has 7 N–H and O–H groups in total. The Hall–Kier alpha value is -0.360. The molecule has 0 aliphatic heterocycles. The average molecular weight is 159 g/mol. The summed E-state index contributed by atoms with van der Waals surface area (Å²) in [6.45, 7) is -0.380. The van der Waals surface area contributed by atoms with Gasteiger partial charge in [-0.15, -0.1) is 12.4 Å². The fourth-order valence-electron chi connectivity index (χ4n) is 0.0900. The number of carbonyl (C=O) groups excluding carboxylic acids is 1. The van der Waals surface area contributed by atoms with E-state index >= 15 is 0 Å². The Morgan fingerprint density at radius 2 is 2.00 bits per heavy atom. The first-order valence-electron chi connectivity index (χ1n) is 1.84. The zero-order valence-corrected chi connectivity index (χ0v) is 5.52. The number of hydrogen-bond acceptors (Lipinski definition) is 3. The molecule has 0 heterocycles. The van der Waals surface area contributed by atoms with Gasteiger partial charge in [0, 0.05) is 0 Å². The summed E-state index contributed by atoms with van der Waals surface area (Å²) in [5.74, 6) is -0.678. The monoisotopic (exact) mass is 158 g/mol. The van der Waals surface area contributed by atoms with Gasteiger partial charge in [0.1, 0.15) is 6.04 Å². The summed E-state index contributed by atoms with van der Waals surface area (Å²) in [6.07, 6.45) is 0. The molecule has 5 nitrogen and oxygen atoms in total. The van der Waals surface area contributed by atoms with E-state index in [9.17, 15) is 4.79 Å². The van der Waals surface area contributed by atoms with Crippen molar-refractivity contribution < 1.29 is 15.4 Å². The minimum atomic E-state index is -0.903. The number of primary amides is 1. The summed E-state index contributed by atoms with van der Waals surface area (Å²) in [7, 11) is 0. The first-order chi connectivity index (χ1) is 3.18. The van der Waals surface area contributed by atoms with Gasteiger partial charge < -0.3 is 22.1 Å². The van der Waals surface area contributed by atoms with Gasteiger partial charge in [0.2, 0.25) is 5.91 Å². The fraction of sp³-hybridized carbons (Fsp3) is 0.667. The first-order valence-corrected chi connectivity index (χ1v) is 1.84. The highest BCUT2D eigenvalue weighted by atomic mass is 35.5. The van der Waals surface area contributed by atoms with E-state index in [-0.39, 0.29) is 24.5 Å². The fourth-order valence-corrected chi connectivity index (χ4v) is 0.0900. The molecular formula is C3H11ClN2O3. The summed E-state index contributed by atoms with van der Waals surface area (Å²) >= 11 is 0. The highest BCUT2D eigenvalue weighted by molar-refractivity contribution is 5.85. The van der Waals surface area contributed by atoms with Gasteiger partial charge in [-0.25, -0.2) is 0 Å². The van der Waals surface area contributed by atoms with Crippen molar-refractivity contribution in [1.82, 2.24) is 0 Å². The second kappa shape index (κ2) is 7.64. The molecule has 1 atom stereocenters. The van der Waals surface area contributed by atoms with Crippen LogP contribution < -0.4 is 11.5 Å². The van der Waals surface area contributed by atoms with Crippen LogP contribution in [0.3, 0.4) is 0 Å². The molecule has 0 aromatic carbocycles. The second-order valence-electron chi connectivity index (χ2n) is 1.19. The smallest absolute Gasteiger partial charge is 0.236 e. The maximum Gasteiger partial charge on any atom is 0.236 e. The van der Waals surface area contributed by atoms with Gasteiger partial charge in [0.15, 0.2) is 0 Å². The highest BCUT2D eigenvalue weighted by Crippen LogP contribution is 1.67. The Morgan fingerprint density at radius 3 is 2.00 bits per heavy atom. The molecule has 6 heteroatoms. The molecule has 0 aliphatic rings. The molecule has 9 heavy (non-hydrogen) atoms. The van der Waals surface area contributed by atoms with E-state index in [2.05, 4.69) is 5.73 Å². The van der Waals surface area contributed by atoms with Crippen molar-refractivity contribution in [1.29, 1.82) is 0 Å². The van der Waals surface area contributed by atoms with Crippen LogP contribution >= 0.6 is 12.4 Å². The van der Waals surface area contributed by atoms with E-state index in [0.717, 1.165) is 0 Å². The minimum Gasteiger partial charge on any atom is -0.412 e. The normalized spacial score (nSPS) is 10.4. The second-order valence-corrected chi connectivity index (χ2v) is 1.19. The Morgan fingerprint density at radius 1 is 1.67 bits per heavy atom. The molecule has 0 bridgehead atoms. The Bertz CT molecular complexity index is 79.5. The zero-order chi connectivity index (χ0) is 5.86. The molecule has 1 amide bonds. The molecule has 0 radical (unpaired) electrons. The molecule has 0 unspecified atom stereocenters. The lowest BCUT2D eigenvalue weighted by molar-refractivity contribution is -0.120. The highest BCUT2D eigenvalue weighted by Gasteiger charge is 2.04. The van der Waals surface area contributed by atoms with Crippen LogP contribution in [0.1, 0.15) is 0 Å². The number of aliphatic hydroxyl groups is 1. The molecular weight excluding hydrogens is 147 g/mol. The van der Waals surface area contributed by atoms with E-state index in [0.29, 0.717) is 0 Å². The van der Waals surface area contributed by atoms with Crippen molar-refractivity contribution in [2.45, 2.75) is 6.04 Å². The summed E-state index contributed by atoms with van der Waals surface area (Å²) in [4.78, 5) is 9.87. The number of carbonyl (C=O) groups is 1. The van der Waals surface area contributed by atoms with Gasteiger partial charge >= 0.3 is 0 Å². The maximum atomic E-state index is 9.87. The van der Waals surface area contributed by atoms with Crippen LogP contribution in [0, 0.1) is 0 Å². The third-order valence-electron chi connectivity index (χ3n) is 0.562. The van der Waals surface area contributed by atoms with Crippen LogP contribution in [0.15, 0.2) is 0 Å². The predicted octanol–water partition coefficient (Wildman–Crippen LogP) is -2.61. The SMILES string of the molecule is Cl.NC(=O)[C@@H](N)CO.O. The van der Waals surface area contributed by atoms with Crippen molar-refractivity contribution in [3.8, 4) is 0 Å². The molecule has 0 aliphatic carbocycles. The predicted molar refractivity (Wildman–Crippen MR) is 35.1 cm³/mol. The number of rotatable bonds is 2. The van der Waals surface area contributed by atoms with Gasteiger partial charge in [-0.05, 0) is 0 Å². The lowest BCUT2D eigenvalue weighted by Gasteiger charge is -1.97. The number of halogens is 1. The standard InChI is InChI=1S/C3H8N2O2.ClH.H2O/c4-2(1-6)3(5)7;;/h2,6H,1,4H2,(H2,5,7);1H;1H2/t2-;;/m0../s1. The maximum absolute atomic E-state index is 9.87. The molecule has 0 saturated heterocycles. The van der Waals surface area contributed by atoms with Gasteiger partial charge in [-0.2, -0.15) is 0 Å². The largest absolute Gasteiger partial charge is 0.412 e. The topological polar surface area (TPSA) is 121 Å². The molecule has 58 valence electrons. The van der Waals surface area contributed by atoms with Crippen molar-refractivity contribution in [3.05, 3.63) is 0 Å². The zero-order valence-electron chi connectivity index (χ0n) is 4.70. The number of amides is 1. The van der Waals surface area contributed by atoms with Crippen molar-refractivity contribution in [2.75, 3.05) is 6.61 Å². The van der Waals surface area contributed by atoms with Crippen molar-refractivity contribution in [2.24, 2.45) is 11.5 Å². The van der Waals surface area contributed by atoms with Crippen LogP contribution in [0.4, 0.5) is 0 Å². The van der Waals surface area contributed by atoms with Crippen LogP contribution in [-0.4, -0.2) is 29.1 Å². The van der Waals surface area contributed by atoms with Gasteiger partial charge in [0.05, 0.1) is 6.61 Å². The summed E-state index contributed by atoms with van der Waals surface area (Å²) < 4.78 is 0. The molecule has 0 rings (SSSR count). The third kappa shape index (κ3) is 7.64. The molecule has 0 aromatic heterocycles. The van der Waals surface area contributed by atoms with E-state index < -0.39 is 11.9 Å². The Kier molecular flexibility index (Phi) is 13.5. The molecule has 0 spiro atoms. The van der Waals surface area contributed by atoms with Crippen LogP contribution in [-0.2, 0) is 4.79 Å². The van der Waals surface area contributed by atoms with Gasteiger partial charge in [-0.1, -0.05) is 0 Å². The Labute approximate surface area is 58.7 Å². The molecule has 0 saturated carbocycles. The molecule has 0 fully saturated rings. The summed E-state index contributed by atoms with van der Waals surface area (Å²) in [6, 6.07) is -0.903. The van der Waals surface area contributed by atoms with Crippen molar-refractivity contribution >= 4 is 18.3 Å². The van der Waals surface area contributed by atoms with E-state index in [4.69, 9.17) is 10.8 Å². The van der Waals surface area contributed by atoms with E-state index in [1.54, 1.807) is 0 Å². The summed E-state index contributed by atoms with van der Waals surface area (Å²) in [5, 5.41) is 8.08. The minimum absolute atomic E-state index is 0. The lowest BCUT2D eigenvalue weighted by Crippen LogP contribution is -2.39. The van der Waals surface area contributed by atoms with E-state index in [1.807, 2.05) is 0 Å². The Balaban J connectivity index is -0.000000180. The quantitative estimate of drug-likeness (QED) is 0.408. The number of hydrogen-bond donors (Lipinski definition) is 3. The van der Waals surface area contributed by atoms with Gasteiger partial charge in [0.25, 0.3) is 0 Å². The number of nitrogens with two attached hydrogens (primary N) is 2. The number of aliphatic hydroxyl groups excluding tert-OH is 1. The van der Waals surface area contributed by atoms with Gasteiger partial charge in [-0.3, -0.25) is 4.79 Å². The summed E-state index contributed by atoms with van der Waals surface area (Å²) in [5.41, 5.74) is 9.51. The first kappa shape index (κ1) is 15.9. The van der Waals surface area contributed by atoms with Crippen molar-refractivity contribution in [3.63, 3.8) is 0 Å². The van der Waals surface area contributed by atoms with Crippen LogP contribution in [0.25, 0.3) is 0 Å². The van der Waals surface area contributed by atoms with E-state index in [1.165, 1.54) is 0 Å². The third-order valence-corrected chi connectivity index (χ3v) is 0.562. The van der Waals surface area contributed by atoms with Crippen LogP contribution in [0.2, 0.25) is 0 Å². The van der Waals surface area contributed by atoms with Crippen LogP contribution in [0.5, 0.6) is 0 Å². The average Bonchev–Trinajstić information content (AvgIpc) is 1.65.